The van der Waals surface area contributed by atoms with Crippen molar-refractivity contribution in [3.8, 4) is 5.75 Å². The van der Waals surface area contributed by atoms with Crippen molar-refractivity contribution in [3.05, 3.63) is 46.7 Å². The molecule has 114 valence electrons. The minimum Gasteiger partial charge on any atom is -0.483 e. The molecule has 0 amide bonds. The number of nitrogens with two attached hydrogens (primary N) is 1. The smallest absolute Gasteiger partial charge is 0.175 e. The number of benzene rings is 1. The van der Waals surface area contributed by atoms with Crippen LogP contribution >= 0.6 is 11.3 Å². The first kappa shape index (κ1) is 16.0. The van der Waals surface area contributed by atoms with E-state index in [0.29, 0.717) is 5.75 Å². The Hall–Kier alpha value is -1.37. The first-order chi connectivity index (χ1) is 9.91. The molecule has 1 aromatic carbocycles. The van der Waals surface area contributed by atoms with Crippen LogP contribution in [0.1, 0.15) is 24.3 Å². The van der Waals surface area contributed by atoms with Crippen LogP contribution in [-0.4, -0.2) is 20.7 Å². The van der Waals surface area contributed by atoms with Crippen LogP contribution in [0.4, 0.5) is 0 Å². The molecular formula is C15H19NO3S2. The maximum Gasteiger partial charge on any atom is 0.175 e. The third kappa shape index (κ3) is 4.06. The van der Waals surface area contributed by atoms with Crippen LogP contribution in [0.3, 0.4) is 0 Å². The molecule has 1 aromatic heterocycles. The van der Waals surface area contributed by atoms with Crippen molar-refractivity contribution in [2.75, 3.05) is 6.26 Å². The van der Waals surface area contributed by atoms with Crippen molar-refractivity contribution >= 4 is 21.2 Å². The number of ether oxygens (including phenoxy) is 1. The van der Waals surface area contributed by atoms with Crippen molar-refractivity contribution in [1.82, 2.24) is 0 Å². The molecule has 2 atom stereocenters. The molecule has 2 rings (SSSR count). The van der Waals surface area contributed by atoms with E-state index in [2.05, 4.69) is 0 Å². The molecule has 21 heavy (non-hydrogen) atoms. The second-order valence-electron chi connectivity index (χ2n) is 4.87. The lowest BCUT2D eigenvalue weighted by Crippen LogP contribution is -2.30. The van der Waals surface area contributed by atoms with Gasteiger partial charge in [-0.1, -0.05) is 13.0 Å². The van der Waals surface area contributed by atoms with Crippen LogP contribution in [0.15, 0.2) is 46.7 Å². The highest BCUT2D eigenvalue weighted by Crippen LogP contribution is 2.29. The molecule has 0 radical (unpaired) electrons. The first-order valence-electron chi connectivity index (χ1n) is 6.67. The van der Waals surface area contributed by atoms with Gasteiger partial charge >= 0.3 is 0 Å². The SMILES string of the molecule is CCC(N)C(Oc1ccc(S(C)(=O)=O)cc1)c1cccs1. The van der Waals surface area contributed by atoms with Gasteiger partial charge in [0.25, 0.3) is 0 Å². The van der Waals surface area contributed by atoms with Gasteiger partial charge in [0.05, 0.1) is 4.90 Å². The molecule has 0 aliphatic rings. The van der Waals surface area contributed by atoms with E-state index in [4.69, 9.17) is 10.5 Å². The molecule has 2 unspecified atom stereocenters. The van der Waals surface area contributed by atoms with Crippen LogP contribution in [0, 0.1) is 0 Å². The first-order valence-corrected chi connectivity index (χ1v) is 9.44. The van der Waals surface area contributed by atoms with E-state index < -0.39 is 9.84 Å². The van der Waals surface area contributed by atoms with E-state index in [-0.39, 0.29) is 17.0 Å². The summed E-state index contributed by atoms with van der Waals surface area (Å²) in [5, 5.41) is 1.99. The average Bonchev–Trinajstić information content (AvgIpc) is 2.97. The van der Waals surface area contributed by atoms with Gasteiger partial charge in [0.1, 0.15) is 11.9 Å². The third-order valence-corrected chi connectivity index (χ3v) is 5.26. The molecular weight excluding hydrogens is 306 g/mol. The Morgan fingerprint density at radius 1 is 1.24 bits per heavy atom. The number of rotatable bonds is 6. The summed E-state index contributed by atoms with van der Waals surface area (Å²) in [6.45, 7) is 2.02. The zero-order chi connectivity index (χ0) is 15.5. The molecule has 0 aliphatic heterocycles. The van der Waals surface area contributed by atoms with E-state index in [1.807, 2.05) is 24.4 Å². The maximum absolute atomic E-state index is 11.4. The monoisotopic (exact) mass is 325 g/mol. The standard InChI is InChI=1S/C15H19NO3S2/c1-3-13(16)15(14-5-4-10-20-14)19-11-6-8-12(9-7-11)21(2,17)18/h4-10,13,15H,3,16H2,1-2H3. The maximum atomic E-state index is 11.4. The summed E-state index contributed by atoms with van der Waals surface area (Å²) in [6, 6.07) is 10.3. The van der Waals surface area contributed by atoms with Crippen LogP contribution in [-0.2, 0) is 9.84 Å². The predicted octanol–water partition coefficient (Wildman–Crippen LogP) is 3.01. The van der Waals surface area contributed by atoms with Crippen molar-refractivity contribution in [2.45, 2.75) is 30.4 Å². The molecule has 0 bridgehead atoms. The lowest BCUT2D eigenvalue weighted by atomic mass is 10.1. The van der Waals surface area contributed by atoms with E-state index >= 15 is 0 Å². The second kappa shape index (κ2) is 6.60. The minimum atomic E-state index is -3.19. The molecule has 0 saturated carbocycles. The van der Waals surface area contributed by atoms with Gasteiger partial charge < -0.3 is 10.5 Å². The number of sulfone groups is 1. The lowest BCUT2D eigenvalue weighted by molar-refractivity contribution is 0.174. The molecule has 0 saturated heterocycles. The predicted molar refractivity (Wildman–Crippen MR) is 85.5 cm³/mol. The summed E-state index contributed by atoms with van der Waals surface area (Å²) in [7, 11) is -3.19. The highest BCUT2D eigenvalue weighted by Gasteiger charge is 2.21. The molecule has 4 nitrogen and oxygen atoms in total. The van der Waals surface area contributed by atoms with Crippen molar-refractivity contribution < 1.29 is 13.2 Å². The van der Waals surface area contributed by atoms with Crippen LogP contribution in [0.5, 0.6) is 5.75 Å². The molecule has 2 aromatic rings. The Bertz CT molecular complexity index is 663. The van der Waals surface area contributed by atoms with Crippen molar-refractivity contribution in [2.24, 2.45) is 5.73 Å². The van der Waals surface area contributed by atoms with Crippen LogP contribution < -0.4 is 10.5 Å². The summed E-state index contributed by atoms with van der Waals surface area (Å²) < 4.78 is 28.9. The molecule has 0 aliphatic carbocycles. The van der Waals surface area contributed by atoms with E-state index in [0.717, 1.165) is 11.3 Å². The quantitative estimate of drug-likeness (QED) is 0.886. The normalized spacial score (nSPS) is 14.6. The van der Waals surface area contributed by atoms with E-state index in [9.17, 15) is 8.42 Å². The molecule has 0 fully saturated rings. The Labute approximate surface area is 129 Å². The van der Waals surface area contributed by atoms with Gasteiger partial charge in [-0.05, 0) is 42.1 Å². The zero-order valence-corrected chi connectivity index (χ0v) is 13.7. The van der Waals surface area contributed by atoms with Crippen LogP contribution in [0.2, 0.25) is 0 Å². The van der Waals surface area contributed by atoms with Gasteiger partial charge in [-0.2, -0.15) is 0 Å². The summed E-state index contributed by atoms with van der Waals surface area (Å²) in [5.74, 6) is 0.615. The van der Waals surface area contributed by atoms with Crippen molar-refractivity contribution in [3.63, 3.8) is 0 Å². The van der Waals surface area contributed by atoms with Gasteiger partial charge in [0.2, 0.25) is 0 Å². The second-order valence-corrected chi connectivity index (χ2v) is 7.86. The average molecular weight is 325 g/mol. The fraction of sp³-hybridized carbons (Fsp3) is 0.333. The van der Waals surface area contributed by atoms with Gasteiger partial charge in [-0.3, -0.25) is 0 Å². The number of hydrogen-bond donors (Lipinski definition) is 1. The summed E-state index contributed by atoms with van der Waals surface area (Å²) in [4.78, 5) is 1.35. The fourth-order valence-electron chi connectivity index (χ4n) is 1.94. The van der Waals surface area contributed by atoms with Gasteiger partial charge in [0, 0.05) is 17.2 Å². The van der Waals surface area contributed by atoms with Gasteiger partial charge in [-0.15, -0.1) is 11.3 Å². The van der Waals surface area contributed by atoms with Gasteiger partial charge in [0.15, 0.2) is 9.84 Å². The highest BCUT2D eigenvalue weighted by atomic mass is 32.2. The topological polar surface area (TPSA) is 69.4 Å². The number of thiophene rings is 1. The largest absolute Gasteiger partial charge is 0.483 e. The van der Waals surface area contributed by atoms with Crippen molar-refractivity contribution in [1.29, 1.82) is 0 Å². The highest BCUT2D eigenvalue weighted by molar-refractivity contribution is 7.90. The van der Waals surface area contributed by atoms with E-state index in [1.54, 1.807) is 35.6 Å². The van der Waals surface area contributed by atoms with E-state index in [1.165, 1.54) is 6.26 Å². The molecule has 2 N–H and O–H groups in total. The fourth-order valence-corrected chi connectivity index (χ4v) is 3.39. The Morgan fingerprint density at radius 3 is 2.38 bits per heavy atom. The lowest BCUT2D eigenvalue weighted by Gasteiger charge is -2.23. The Balaban J connectivity index is 2.21. The third-order valence-electron chi connectivity index (χ3n) is 3.20. The number of hydrogen-bond acceptors (Lipinski definition) is 5. The zero-order valence-electron chi connectivity index (χ0n) is 12.0. The Kier molecular flexibility index (Phi) is 5.03. The summed E-state index contributed by atoms with van der Waals surface area (Å²) >= 11 is 1.60. The minimum absolute atomic E-state index is 0.113. The Morgan fingerprint density at radius 2 is 1.90 bits per heavy atom. The molecule has 1 heterocycles. The summed E-state index contributed by atoms with van der Waals surface area (Å²) in [6.07, 6.45) is 1.76. The van der Waals surface area contributed by atoms with Crippen LogP contribution in [0.25, 0.3) is 0 Å². The molecule has 6 heteroatoms. The molecule has 0 spiro atoms. The van der Waals surface area contributed by atoms with Gasteiger partial charge in [-0.25, -0.2) is 8.42 Å². The summed E-state index contributed by atoms with van der Waals surface area (Å²) in [5.41, 5.74) is 6.14.